The van der Waals surface area contributed by atoms with Gasteiger partial charge in [-0.25, -0.2) is 0 Å². The van der Waals surface area contributed by atoms with Gasteiger partial charge in [-0.1, -0.05) is 31.5 Å². The van der Waals surface area contributed by atoms with Crippen molar-refractivity contribution in [2.45, 2.75) is 39.0 Å². The number of nitrogens with zero attached hydrogens (tertiary/aromatic N) is 2. The summed E-state index contributed by atoms with van der Waals surface area (Å²) in [6.07, 6.45) is 6.73. The van der Waals surface area contributed by atoms with Gasteiger partial charge < -0.3 is 10.6 Å². The van der Waals surface area contributed by atoms with Crippen molar-refractivity contribution in [2.75, 3.05) is 13.1 Å². The lowest BCUT2D eigenvalue weighted by Gasteiger charge is -2.42. The van der Waals surface area contributed by atoms with E-state index < -0.39 is 0 Å². The summed E-state index contributed by atoms with van der Waals surface area (Å²) < 4.78 is 0. The normalized spacial score (nSPS) is 29.0. The van der Waals surface area contributed by atoms with E-state index in [0.29, 0.717) is 5.57 Å². The van der Waals surface area contributed by atoms with Gasteiger partial charge in [-0.2, -0.15) is 5.26 Å². The second kappa shape index (κ2) is 5.71. The summed E-state index contributed by atoms with van der Waals surface area (Å²) in [7, 11) is 0. The lowest BCUT2D eigenvalue weighted by atomic mass is 9.75. The van der Waals surface area contributed by atoms with Gasteiger partial charge in [0.2, 0.25) is 0 Å². The molecule has 1 saturated heterocycles. The highest BCUT2D eigenvalue weighted by molar-refractivity contribution is 7.80. The number of nitriles is 1. The van der Waals surface area contributed by atoms with E-state index in [9.17, 15) is 0 Å². The molecule has 2 atom stereocenters. The van der Waals surface area contributed by atoms with E-state index in [1.807, 2.05) is 6.92 Å². The van der Waals surface area contributed by atoms with Gasteiger partial charge in [0, 0.05) is 18.8 Å². The third-order valence-corrected chi connectivity index (χ3v) is 4.69. The Morgan fingerprint density at radius 3 is 2.56 bits per heavy atom. The van der Waals surface area contributed by atoms with Crippen molar-refractivity contribution in [1.82, 2.24) is 4.90 Å². The van der Waals surface area contributed by atoms with Crippen molar-refractivity contribution in [2.24, 2.45) is 17.6 Å². The van der Waals surface area contributed by atoms with Crippen LogP contribution in [-0.2, 0) is 0 Å². The number of rotatable bonds is 2. The second-order valence-corrected chi connectivity index (χ2v) is 5.92. The predicted molar refractivity (Wildman–Crippen MR) is 76.7 cm³/mol. The largest absolute Gasteiger partial charge is 0.389 e. The number of fused-ring (bicyclic) bond motifs is 1. The van der Waals surface area contributed by atoms with Gasteiger partial charge in [-0.05, 0) is 31.6 Å². The zero-order valence-corrected chi connectivity index (χ0v) is 11.8. The van der Waals surface area contributed by atoms with Gasteiger partial charge in [0.15, 0.2) is 0 Å². The first-order valence-corrected chi connectivity index (χ1v) is 7.20. The summed E-state index contributed by atoms with van der Waals surface area (Å²) in [6, 6.07) is 2.14. The zero-order chi connectivity index (χ0) is 13.1. The number of thiocarbonyl (C=S) groups is 1. The molecule has 1 heterocycles. The van der Waals surface area contributed by atoms with Crippen LogP contribution in [0.3, 0.4) is 0 Å². The molecule has 3 nitrogen and oxygen atoms in total. The van der Waals surface area contributed by atoms with E-state index in [2.05, 4.69) is 11.0 Å². The second-order valence-electron chi connectivity index (χ2n) is 5.48. The fourth-order valence-electron chi connectivity index (χ4n) is 3.38. The van der Waals surface area contributed by atoms with Crippen LogP contribution in [0.25, 0.3) is 0 Å². The fourth-order valence-corrected chi connectivity index (χ4v) is 3.57. The van der Waals surface area contributed by atoms with Crippen LogP contribution < -0.4 is 5.73 Å². The molecule has 2 fully saturated rings. The summed E-state index contributed by atoms with van der Waals surface area (Å²) in [4.78, 5) is 2.53. The van der Waals surface area contributed by atoms with Crippen LogP contribution in [0.4, 0.5) is 0 Å². The Balaban J connectivity index is 2.11. The monoisotopic (exact) mass is 263 g/mol. The summed E-state index contributed by atoms with van der Waals surface area (Å²) in [5, 5.41) is 9.13. The summed E-state index contributed by atoms with van der Waals surface area (Å²) in [5.41, 5.74) is 7.06. The van der Waals surface area contributed by atoms with Crippen LogP contribution in [0, 0.1) is 23.2 Å². The maximum atomic E-state index is 9.13. The third kappa shape index (κ3) is 2.67. The maximum Gasteiger partial charge on any atom is 0.116 e. The minimum Gasteiger partial charge on any atom is -0.389 e. The Hall–Kier alpha value is -1.08. The van der Waals surface area contributed by atoms with E-state index in [4.69, 9.17) is 23.2 Å². The van der Waals surface area contributed by atoms with Crippen molar-refractivity contribution in [1.29, 1.82) is 5.26 Å². The van der Waals surface area contributed by atoms with E-state index in [-0.39, 0.29) is 4.99 Å². The summed E-state index contributed by atoms with van der Waals surface area (Å²) in [5.74, 6) is 1.70. The van der Waals surface area contributed by atoms with Crippen LogP contribution in [0.2, 0.25) is 0 Å². The van der Waals surface area contributed by atoms with E-state index >= 15 is 0 Å². The Labute approximate surface area is 115 Å². The van der Waals surface area contributed by atoms with Gasteiger partial charge >= 0.3 is 0 Å². The molecule has 0 aromatic rings. The third-order valence-electron chi connectivity index (χ3n) is 4.49. The lowest BCUT2D eigenvalue weighted by molar-refractivity contribution is 0.109. The Bertz CT molecular complexity index is 408. The van der Waals surface area contributed by atoms with Crippen LogP contribution in [0.5, 0.6) is 0 Å². The van der Waals surface area contributed by atoms with Crippen molar-refractivity contribution >= 4 is 17.2 Å². The average Bonchev–Trinajstić information content (AvgIpc) is 2.38. The molecule has 1 aliphatic heterocycles. The van der Waals surface area contributed by atoms with Gasteiger partial charge in [0.25, 0.3) is 0 Å². The topological polar surface area (TPSA) is 53.1 Å². The molecule has 0 amide bonds. The predicted octanol–water partition coefficient (Wildman–Crippen LogP) is 2.58. The smallest absolute Gasteiger partial charge is 0.116 e. The molecule has 0 aromatic carbocycles. The Kier molecular flexibility index (Phi) is 4.23. The molecule has 4 heteroatoms. The minimum atomic E-state index is 0.223. The van der Waals surface area contributed by atoms with Gasteiger partial charge in [0.05, 0.1) is 0 Å². The molecule has 0 spiro atoms. The lowest BCUT2D eigenvalue weighted by Crippen LogP contribution is -2.41. The summed E-state index contributed by atoms with van der Waals surface area (Å²) in [6.45, 7) is 4.09. The molecule has 2 aliphatic rings. The first-order valence-electron chi connectivity index (χ1n) is 6.79. The molecule has 18 heavy (non-hydrogen) atoms. The molecular formula is C14H21N3S. The molecule has 2 rings (SSSR count). The van der Waals surface area contributed by atoms with Crippen molar-refractivity contribution in [3.05, 3.63) is 11.3 Å². The van der Waals surface area contributed by atoms with Gasteiger partial charge in [-0.15, -0.1) is 0 Å². The zero-order valence-electron chi connectivity index (χ0n) is 11.0. The molecule has 0 bridgehead atoms. The highest BCUT2D eigenvalue weighted by Gasteiger charge is 2.31. The van der Waals surface area contributed by atoms with E-state index in [1.165, 1.54) is 32.1 Å². The van der Waals surface area contributed by atoms with Crippen LogP contribution in [0.1, 0.15) is 39.0 Å². The quantitative estimate of drug-likeness (QED) is 0.472. The van der Waals surface area contributed by atoms with E-state index in [1.54, 1.807) is 0 Å². The van der Waals surface area contributed by atoms with Gasteiger partial charge in [-0.3, -0.25) is 0 Å². The van der Waals surface area contributed by atoms with Gasteiger partial charge in [0.1, 0.15) is 16.6 Å². The Morgan fingerprint density at radius 1 is 1.28 bits per heavy atom. The molecular weight excluding hydrogens is 242 g/mol. The van der Waals surface area contributed by atoms with Crippen molar-refractivity contribution in [3.63, 3.8) is 0 Å². The molecule has 0 radical (unpaired) electrons. The highest BCUT2D eigenvalue weighted by Crippen LogP contribution is 2.37. The molecule has 0 unspecified atom stereocenters. The first-order chi connectivity index (χ1) is 8.63. The number of piperidine rings is 1. The fraction of sp³-hybridized carbons (Fsp3) is 0.714. The van der Waals surface area contributed by atoms with Crippen molar-refractivity contribution < 1.29 is 0 Å². The minimum absolute atomic E-state index is 0.223. The van der Waals surface area contributed by atoms with Crippen LogP contribution >= 0.6 is 12.2 Å². The molecule has 0 aromatic heterocycles. The maximum absolute atomic E-state index is 9.13. The summed E-state index contributed by atoms with van der Waals surface area (Å²) >= 11 is 4.95. The van der Waals surface area contributed by atoms with Crippen LogP contribution in [-0.4, -0.2) is 23.0 Å². The number of allylic oxidation sites excluding steroid dienone is 1. The standard InChI is InChI=1S/C14H21N3S/c1-10(13(8-15)14(16)18)17-7-6-11-4-2-3-5-12(11)9-17/h11-12H,2-7,9H2,1H3,(H2,16,18)/b13-10-/t11-,12-/m0/s1. The molecule has 98 valence electrons. The number of hydrogen-bond acceptors (Lipinski definition) is 3. The number of nitrogens with two attached hydrogens (primary N) is 1. The first kappa shape index (κ1) is 13.4. The number of hydrogen-bond donors (Lipinski definition) is 1. The van der Waals surface area contributed by atoms with Crippen molar-refractivity contribution in [3.8, 4) is 6.07 Å². The highest BCUT2D eigenvalue weighted by atomic mass is 32.1. The average molecular weight is 263 g/mol. The SMILES string of the molecule is C/C(=C(\C#N)C(N)=S)N1CC[C@@H]2CCCC[C@H]2C1. The van der Waals surface area contributed by atoms with E-state index in [0.717, 1.165) is 30.6 Å². The Morgan fingerprint density at radius 2 is 1.94 bits per heavy atom. The molecule has 1 saturated carbocycles. The molecule has 2 N–H and O–H groups in total. The molecule has 1 aliphatic carbocycles. The number of likely N-dealkylation sites (tertiary alicyclic amines) is 1. The van der Waals surface area contributed by atoms with Crippen LogP contribution in [0.15, 0.2) is 11.3 Å².